The third-order valence-corrected chi connectivity index (χ3v) is 3.82. The Morgan fingerprint density at radius 3 is 2.86 bits per heavy atom. The quantitative estimate of drug-likeness (QED) is 0.867. The number of aromatic nitrogens is 1. The molecular weight excluding hydrogens is 304 g/mol. The number of nitrogens with two attached hydrogens (primary N) is 1. The molecule has 3 N–H and O–H groups in total. The zero-order valence-electron chi connectivity index (χ0n) is 12.9. The first-order valence-corrected chi connectivity index (χ1v) is 7.33. The van der Waals surface area contributed by atoms with Crippen molar-refractivity contribution >= 4 is 35.7 Å². The zero-order valence-corrected chi connectivity index (χ0v) is 13.7. The lowest BCUT2D eigenvalue weighted by Crippen LogP contribution is -2.35. The van der Waals surface area contributed by atoms with Gasteiger partial charge in [-0.15, -0.1) is 12.4 Å². The average molecular weight is 327 g/mol. The number of nitrogen functional groups attached to an aromatic ring is 1. The maximum Gasteiger partial charge on any atom is 0.229 e. The molecule has 0 saturated carbocycles. The Labute approximate surface area is 136 Å². The highest BCUT2D eigenvalue weighted by molar-refractivity contribution is 5.97. The monoisotopic (exact) mass is 326 g/mol. The second kappa shape index (κ2) is 7.98. The number of carbonyl (C=O) groups excluding carboxylic acids is 2. The maximum atomic E-state index is 12.2. The van der Waals surface area contributed by atoms with Crippen molar-refractivity contribution in [3.8, 4) is 0 Å². The molecule has 7 heteroatoms. The number of rotatable bonds is 5. The van der Waals surface area contributed by atoms with Gasteiger partial charge in [0.15, 0.2) is 0 Å². The standard InChI is InChI=1S/C15H22N4O2.ClH/c1-3-4-10(2)19-9-11(7-14(19)20)15(21)18-12-5-6-13(16)17-8-12;/h5-6,8,10-11H,3-4,7,9H2,1-2H3,(H2,16,17)(H,18,21);1H. The van der Waals surface area contributed by atoms with Gasteiger partial charge < -0.3 is 16.0 Å². The number of carbonyl (C=O) groups is 2. The van der Waals surface area contributed by atoms with Crippen LogP contribution in [0.1, 0.15) is 33.1 Å². The summed E-state index contributed by atoms with van der Waals surface area (Å²) in [7, 11) is 0. The van der Waals surface area contributed by atoms with E-state index in [0.717, 1.165) is 12.8 Å². The fourth-order valence-corrected chi connectivity index (χ4v) is 2.63. The molecule has 1 aliphatic rings. The SMILES string of the molecule is CCCC(C)N1CC(C(=O)Nc2ccc(N)nc2)CC1=O.Cl. The zero-order chi connectivity index (χ0) is 15.4. The number of anilines is 2. The summed E-state index contributed by atoms with van der Waals surface area (Å²) < 4.78 is 0. The summed E-state index contributed by atoms with van der Waals surface area (Å²) in [6.45, 7) is 4.62. The first kappa shape index (κ1) is 18.2. The highest BCUT2D eigenvalue weighted by Gasteiger charge is 2.36. The largest absolute Gasteiger partial charge is 0.384 e. The van der Waals surface area contributed by atoms with E-state index in [0.29, 0.717) is 18.1 Å². The number of nitrogens with zero attached hydrogens (tertiary/aromatic N) is 2. The Bertz CT molecular complexity index is 521. The minimum atomic E-state index is -0.297. The number of pyridine rings is 1. The van der Waals surface area contributed by atoms with Gasteiger partial charge in [-0.1, -0.05) is 13.3 Å². The van der Waals surface area contributed by atoms with Crippen molar-refractivity contribution < 1.29 is 9.59 Å². The summed E-state index contributed by atoms with van der Waals surface area (Å²) in [4.78, 5) is 30.0. The summed E-state index contributed by atoms with van der Waals surface area (Å²) in [5, 5.41) is 2.79. The van der Waals surface area contributed by atoms with Crippen LogP contribution in [0.15, 0.2) is 18.3 Å². The van der Waals surface area contributed by atoms with Gasteiger partial charge in [0.1, 0.15) is 5.82 Å². The molecule has 2 atom stereocenters. The lowest BCUT2D eigenvalue weighted by Gasteiger charge is -2.24. The van der Waals surface area contributed by atoms with Crippen molar-refractivity contribution in [2.45, 2.75) is 39.2 Å². The summed E-state index contributed by atoms with van der Waals surface area (Å²) in [6, 6.07) is 3.53. The molecule has 2 amide bonds. The van der Waals surface area contributed by atoms with E-state index >= 15 is 0 Å². The fourth-order valence-electron chi connectivity index (χ4n) is 2.63. The smallest absolute Gasteiger partial charge is 0.229 e. The van der Waals surface area contributed by atoms with E-state index in [9.17, 15) is 9.59 Å². The van der Waals surface area contributed by atoms with Gasteiger partial charge in [-0.3, -0.25) is 9.59 Å². The molecule has 2 rings (SSSR count). The van der Waals surface area contributed by atoms with Crippen LogP contribution in [-0.2, 0) is 9.59 Å². The summed E-state index contributed by atoms with van der Waals surface area (Å²) in [5.74, 6) is 0.0330. The van der Waals surface area contributed by atoms with Crippen molar-refractivity contribution in [2.75, 3.05) is 17.6 Å². The number of halogens is 1. The summed E-state index contributed by atoms with van der Waals surface area (Å²) in [6.07, 6.45) is 3.78. The summed E-state index contributed by atoms with van der Waals surface area (Å²) in [5.41, 5.74) is 6.10. The summed E-state index contributed by atoms with van der Waals surface area (Å²) >= 11 is 0. The molecule has 1 saturated heterocycles. The van der Waals surface area contributed by atoms with Crippen LogP contribution in [0.25, 0.3) is 0 Å². The average Bonchev–Trinajstić information content (AvgIpc) is 2.84. The van der Waals surface area contributed by atoms with Crippen molar-refractivity contribution in [1.82, 2.24) is 9.88 Å². The molecule has 1 aromatic rings. The fraction of sp³-hybridized carbons (Fsp3) is 0.533. The molecule has 1 aromatic heterocycles. The Morgan fingerprint density at radius 2 is 2.27 bits per heavy atom. The molecule has 122 valence electrons. The minimum Gasteiger partial charge on any atom is -0.384 e. The molecule has 2 heterocycles. The number of likely N-dealkylation sites (tertiary alicyclic amines) is 1. The molecule has 1 aliphatic heterocycles. The van der Waals surface area contributed by atoms with Gasteiger partial charge in [-0.2, -0.15) is 0 Å². The number of hydrogen-bond acceptors (Lipinski definition) is 4. The van der Waals surface area contributed by atoms with Gasteiger partial charge in [-0.25, -0.2) is 4.98 Å². The van der Waals surface area contributed by atoms with Crippen molar-refractivity contribution in [2.24, 2.45) is 5.92 Å². The number of nitrogens with one attached hydrogen (secondary N) is 1. The Morgan fingerprint density at radius 1 is 1.55 bits per heavy atom. The molecule has 0 radical (unpaired) electrons. The van der Waals surface area contributed by atoms with Gasteiger partial charge in [0.05, 0.1) is 17.8 Å². The van der Waals surface area contributed by atoms with E-state index < -0.39 is 0 Å². The number of hydrogen-bond donors (Lipinski definition) is 2. The van der Waals surface area contributed by atoms with Crippen LogP contribution in [0, 0.1) is 5.92 Å². The molecule has 0 aromatic carbocycles. The maximum absolute atomic E-state index is 12.2. The molecule has 22 heavy (non-hydrogen) atoms. The molecule has 1 fully saturated rings. The third-order valence-electron chi connectivity index (χ3n) is 3.82. The molecule has 6 nitrogen and oxygen atoms in total. The van der Waals surface area contributed by atoms with E-state index in [1.54, 1.807) is 12.1 Å². The molecule has 0 aliphatic carbocycles. The molecule has 0 bridgehead atoms. The minimum absolute atomic E-state index is 0. The van der Waals surface area contributed by atoms with Gasteiger partial charge in [0.2, 0.25) is 11.8 Å². The van der Waals surface area contributed by atoms with Gasteiger partial charge >= 0.3 is 0 Å². The van der Waals surface area contributed by atoms with Crippen LogP contribution in [0.2, 0.25) is 0 Å². The van der Waals surface area contributed by atoms with E-state index in [1.807, 2.05) is 11.8 Å². The van der Waals surface area contributed by atoms with Crippen LogP contribution in [0.4, 0.5) is 11.5 Å². The highest BCUT2D eigenvalue weighted by Crippen LogP contribution is 2.23. The third kappa shape index (κ3) is 4.34. The van der Waals surface area contributed by atoms with E-state index in [1.165, 1.54) is 6.20 Å². The normalized spacial score (nSPS) is 18.7. The Kier molecular flexibility index (Phi) is 6.61. The first-order valence-electron chi connectivity index (χ1n) is 7.33. The van der Waals surface area contributed by atoms with E-state index in [4.69, 9.17) is 5.73 Å². The second-order valence-electron chi connectivity index (χ2n) is 5.55. The van der Waals surface area contributed by atoms with Crippen molar-refractivity contribution in [3.05, 3.63) is 18.3 Å². The highest BCUT2D eigenvalue weighted by atomic mass is 35.5. The molecular formula is C15H23ClN4O2. The van der Waals surface area contributed by atoms with Crippen molar-refractivity contribution in [1.29, 1.82) is 0 Å². The Hall–Kier alpha value is -1.82. The predicted molar refractivity (Wildman–Crippen MR) is 88.7 cm³/mol. The topological polar surface area (TPSA) is 88.3 Å². The van der Waals surface area contributed by atoms with Crippen LogP contribution in [0.3, 0.4) is 0 Å². The number of amides is 2. The molecule has 0 spiro atoms. The lowest BCUT2D eigenvalue weighted by molar-refractivity contribution is -0.129. The van der Waals surface area contributed by atoms with Crippen LogP contribution >= 0.6 is 12.4 Å². The van der Waals surface area contributed by atoms with Crippen LogP contribution < -0.4 is 11.1 Å². The van der Waals surface area contributed by atoms with Crippen LogP contribution in [-0.4, -0.2) is 34.3 Å². The van der Waals surface area contributed by atoms with Crippen LogP contribution in [0.5, 0.6) is 0 Å². The second-order valence-corrected chi connectivity index (χ2v) is 5.55. The first-order chi connectivity index (χ1) is 10.0. The van der Waals surface area contributed by atoms with Crippen molar-refractivity contribution in [3.63, 3.8) is 0 Å². The predicted octanol–water partition coefficient (Wildman–Crippen LogP) is 2.06. The van der Waals surface area contributed by atoms with E-state index in [2.05, 4.69) is 17.2 Å². The van der Waals surface area contributed by atoms with Gasteiger partial charge in [0, 0.05) is 19.0 Å². The van der Waals surface area contributed by atoms with Gasteiger partial charge in [0.25, 0.3) is 0 Å². The Balaban J connectivity index is 0.00000242. The van der Waals surface area contributed by atoms with E-state index in [-0.39, 0.29) is 42.6 Å². The molecule has 2 unspecified atom stereocenters. The van der Waals surface area contributed by atoms with Gasteiger partial charge in [-0.05, 0) is 25.5 Å². The lowest BCUT2D eigenvalue weighted by atomic mass is 10.1.